The molecule has 1 aromatic heterocycles. The molecule has 1 heterocycles. The average Bonchev–Trinajstić information content (AvgIpc) is 2.36. The summed E-state index contributed by atoms with van der Waals surface area (Å²) >= 11 is 0. The Hall–Kier alpha value is -1.17. The van der Waals surface area contributed by atoms with Crippen LogP contribution < -0.4 is 5.32 Å². The third-order valence-corrected chi connectivity index (χ3v) is 2.34. The maximum atomic E-state index is 11.8. The third-order valence-electron chi connectivity index (χ3n) is 2.34. The number of hydrogen-bond donors (Lipinski definition) is 1. The highest BCUT2D eigenvalue weighted by Gasteiger charge is 2.12. The number of carbonyl (C=O) groups is 1. The van der Waals surface area contributed by atoms with Crippen LogP contribution in [0.25, 0.3) is 0 Å². The van der Waals surface area contributed by atoms with Crippen molar-refractivity contribution in [2.24, 2.45) is 0 Å². The van der Waals surface area contributed by atoms with Crippen LogP contribution in [0.4, 0.5) is 0 Å². The molecule has 0 aromatic carbocycles. The summed E-state index contributed by atoms with van der Waals surface area (Å²) in [7, 11) is 3.39. The van der Waals surface area contributed by atoms with Crippen LogP contribution in [-0.4, -0.2) is 49.6 Å². The number of carbonyl (C=O) groups excluding carboxylic acids is 1. The zero-order valence-electron chi connectivity index (χ0n) is 10.8. The minimum absolute atomic E-state index is 0. The molecular formula is C12H20ClN3O2. The van der Waals surface area contributed by atoms with Crippen LogP contribution in [0.2, 0.25) is 0 Å². The van der Waals surface area contributed by atoms with Crippen molar-refractivity contribution >= 4 is 18.3 Å². The lowest BCUT2D eigenvalue weighted by atomic mass is 10.2. The molecule has 1 rings (SSSR count). The molecule has 102 valence electrons. The second kappa shape index (κ2) is 9.82. The largest absolute Gasteiger partial charge is 0.383 e. The molecule has 0 atom stereocenters. The van der Waals surface area contributed by atoms with Gasteiger partial charge in [-0.1, -0.05) is 6.07 Å². The minimum atomic E-state index is 0. The van der Waals surface area contributed by atoms with Crippen molar-refractivity contribution in [1.82, 2.24) is 15.2 Å². The van der Waals surface area contributed by atoms with Crippen LogP contribution in [0, 0.1) is 0 Å². The Balaban J connectivity index is 0.00000289. The summed E-state index contributed by atoms with van der Waals surface area (Å²) in [6.45, 7) is 2.03. The fourth-order valence-electron chi connectivity index (χ4n) is 1.47. The molecular weight excluding hydrogens is 254 g/mol. The fourth-order valence-corrected chi connectivity index (χ4v) is 1.47. The van der Waals surface area contributed by atoms with Gasteiger partial charge in [0.2, 0.25) is 5.91 Å². The molecule has 0 aliphatic carbocycles. The molecule has 0 aliphatic rings. The highest BCUT2D eigenvalue weighted by atomic mass is 35.5. The van der Waals surface area contributed by atoms with Crippen LogP contribution in [0.5, 0.6) is 0 Å². The van der Waals surface area contributed by atoms with Gasteiger partial charge in [-0.05, 0) is 18.7 Å². The first kappa shape index (κ1) is 16.8. The third kappa shape index (κ3) is 5.95. The first-order valence-electron chi connectivity index (χ1n) is 5.58. The van der Waals surface area contributed by atoms with Crippen molar-refractivity contribution in [3.05, 3.63) is 30.1 Å². The molecule has 0 saturated carbocycles. The molecule has 1 N–H and O–H groups in total. The predicted molar refractivity (Wildman–Crippen MR) is 72.7 cm³/mol. The smallest absolute Gasteiger partial charge is 0.236 e. The quantitative estimate of drug-likeness (QED) is 0.795. The van der Waals surface area contributed by atoms with Gasteiger partial charge in [0.15, 0.2) is 0 Å². The SMILES string of the molecule is CNCC(=O)N(CCOC)Cc1cccnc1.Cl. The second-order valence-electron chi connectivity index (χ2n) is 3.70. The van der Waals surface area contributed by atoms with E-state index in [0.717, 1.165) is 5.56 Å². The normalized spacial score (nSPS) is 9.67. The standard InChI is InChI=1S/C12H19N3O2.ClH/c1-13-9-12(16)15(6-7-17-2)10-11-4-3-5-14-8-11;/h3-5,8,13H,6-7,9-10H2,1-2H3;1H. The number of nitrogens with one attached hydrogen (secondary N) is 1. The Morgan fingerprint density at radius 3 is 2.89 bits per heavy atom. The lowest BCUT2D eigenvalue weighted by Crippen LogP contribution is -2.38. The Labute approximate surface area is 114 Å². The van der Waals surface area contributed by atoms with E-state index in [1.807, 2.05) is 12.1 Å². The summed E-state index contributed by atoms with van der Waals surface area (Å²) in [5.41, 5.74) is 1.02. The molecule has 1 aromatic rings. The Morgan fingerprint density at radius 1 is 1.56 bits per heavy atom. The van der Waals surface area contributed by atoms with Gasteiger partial charge in [0.1, 0.15) is 0 Å². The zero-order chi connectivity index (χ0) is 12.5. The van der Waals surface area contributed by atoms with E-state index in [9.17, 15) is 4.79 Å². The van der Waals surface area contributed by atoms with Gasteiger partial charge in [0.25, 0.3) is 0 Å². The minimum Gasteiger partial charge on any atom is -0.383 e. The molecule has 0 aliphatic heterocycles. The van der Waals surface area contributed by atoms with Crippen molar-refractivity contribution < 1.29 is 9.53 Å². The molecule has 0 radical (unpaired) electrons. The van der Waals surface area contributed by atoms with Crippen molar-refractivity contribution in [3.63, 3.8) is 0 Å². The molecule has 0 bridgehead atoms. The first-order chi connectivity index (χ1) is 8.27. The van der Waals surface area contributed by atoms with Gasteiger partial charge in [-0.25, -0.2) is 0 Å². The number of pyridine rings is 1. The van der Waals surface area contributed by atoms with Gasteiger partial charge in [-0.15, -0.1) is 12.4 Å². The van der Waals surface area contributed by atoms with E-state index in [-0.39, 0.29) is 18.3 Å². The molecule has 0 fully saturated rings. The summed E-state index contributed by atoms with van der Waals surface area (Å²) < 4.78 is 5.01. The molecule has 5 nitrogen and oxygen atoms in total. The highest BCUT2D eigenvalue weighted by Crippen LogP contribution is 2.02. The monoisotopic (exact) mass is 273 g/mol. The van der Waals surface area contributed by atoms with Gasteiger partial charge >= 0.3 is 0 Å². The van der Waals surface area contributed by atoms with Crippen LogP contribution in [0.3, 0.4) is 0 Å². The molecule has 18 heavy (non-hydrogen) atoms. The Bertz CT molecular complexity index is 335. The maximum Gasteiger partial charge on any atom is 0.236 e. The Kier molecular flexibility index (Phi) is 9.18. The molecule has 0 spiro atoms. The topological polar surface area (TPSA) is 54.5 Å². The van der Waals surface area contributed by atoms with E-state index in [4.69, 9.17) is 4.74 Å². The summed E-state index contributed by atoms with van der Waals surface area (Å²) in [6.07, 6.45) is 3.49. The summed E-state index contributed by atoms with van der Waals surface area (Å²) in [5, 5.41) is 2.86. The summed E-state index contributed by atoms with van der Waals surface area (Å²) in [5.74, 6) is 0.0633. The van der Waals surface area contributed by atoms with Crippen LogP contribution in [-0.2, 0) is 16.1 Å². The predicted octanol–water partition coefficient (Wildman–Crippen LogP) is 0.698. The van der Waals surface area contributed by atoms with Gasteiger partial charge in [0, 0.05) is 32.6 Å². The van der Waals surface area contributed by atoms with Crippen LogP contribution in [0.1, 0.15) is 5.56 Å². The number of hydrogen-bond acceptors (Lipinski definition) is 4. The van der Waals surface area contributed by atoms with Gasteiger partial charge in [-0.2, -0.15) is 0 Å². The number of aromatic nitrogens is 1. The van der Waals surface area contributed by atoms with Crippen LogP contribution in [0.15, 0.2) is 24.5 Å². The number of halogens is 1. The van der Waals surface area contributed by atoms with E-state index in [0.29, 0.717) is 26.2 Å². The van der Waals surface area contributed by atoms with Gasteiger partial charge in [0.05, 0.1) is 13.2 Å². The maximum absolute atomic E-state index is 11.8. The first-order valence-corrected chi connectivity index (χ1v) is 5.58. The van der Waals surface area contributed by atoms with Crippen molar-refractivity contribution in [3.8, 4) is 0 Å². The summed E-state index contributed by atoms with van der Waals surface area (Å²) in [4.78, 5) is 17.6. The number of rotatable bonds is 7. The number of nitrogens with zero attached hydrogens (tertiary/aromatic N) is 2. The zero-order valence-corrected chi connectivity index (χ0v) is 11.6. The van der Waals surface area contributed by atoms with E-state index < -0.39 is 0 Å². The van der Waals surface area contributed by atoms with Crippen LogP contribution >= 0.6 is 12.4 Å². The van der Waals surface area contributed by atoms with Gasteiger partial charge in [-0.3, -0.25) is 9.78 Å². The lowest BCUT2D eigenvalue weighted by Gasteiger charge is -2.22. The van der Waals surface area contributed by atoms with E-state index in [1.54, 1.807) is 31.5 Å². The van der Waals surface area contributed by atoms with Crippen molar-refractivity contribution in [2.45, 2.75) is 6.54 Å². The van der Waals surface area contributed by atoms with Gasteiger partial charge < -0.3 is 15.0 Å². The van der Waals surface area contributed by atoms with Crippen molar-refractivity contribution in [2.75, 3.05) is 33.9 Å². The highest BCUT2D eigenvalue weighted by molar-refractivity contribution is 5.85. The average molecular weight is 274 g/mol. The molecule has 0 saturated heterocycles. The van der Waals surface area contributed by atoms with Crippen molar-refractivity contribution in [1.29, 1.82) is 0 Å². The number of amides is 1. The number of ether oxygens (including phenoxy) is 1. The molecule has 6 heteroatoms. The molecule has 1 amide bonds. The lowest BCUT2D eigenvalue weighted by molar-refractivity contribution is -0.131. The number of likely N-dealkylation sites (N-methyl/N-ethyl adjacent to an activating group) is 1. The fraction of sp³-hybridized carbons (Fsp3) is 0.500. The second-order valence-corrected chi connectivity index (χ2v) is 3.70. The van der Waals surface area contributed by atoms with E-state index in [2.05, 4.69) is 10.3 Å². The number of methoxy groups -OCH3 is 1. The summed E-state index contributed by atoms with van der Waals surface area (Å²) in [6, 6.07) is 3.83. The molecule has 0 unspecified atom stereocenters. The van der Waals surface area contributed by atoms with E-state index >= 15 is 0 Å². The Morgan fingerprint density at radius 2 is 2.33 bits per heavy atom. The van der Waals surface area contributed by atoms with E-state index in [1.165, 1.54) is 0 Å².